The molecular formula is C20H24F3N3O. The van der Waals surface area contributed by atoms with Crippen molar-refractivity contribution < 1.29 is 18.0 Å². The number of alkyl halides is 3. The third kappa shape index (κ3) is 4.01. The molecule has 1 unspecified atom stereocenters. The van der Waals surface area contributed by atoms with Gasteiger partial charge in [-0.15, -0.1) is 0 Å². The summed E-state index contributed by atoms with van der Waals surface area (Å²) in [6, 6.07) is 6.45. The van der Waals surface area contributed by atoms with Crippen LogP contribution in [0.2, 0.25) is 0 Å². The number of aryl methyl sites for hydroxylation is 1. The van der Waals surface area contributed by atoms with Crippen LogP contribution in [-0.4, -0.2) is 33.7 Å². The van der Waals surface area contributed by atoms with E-state index in [2.05, 4.69) is 12.0 Å². The van der Waals surface area contributed by atoms with Crippen LogP contribution in [0.15, 0.2) is 24.3 Å². The summed E-state index contributed by atoms with van der Waals surface area (Å²) in [5.41, 5.74) is 0.302. The van der Waals surface area contributed by atoms with Crippen LogP contribution in [-0.2, 0) is 13.2 Å². The van der Waals surface area contributed by atoms with E-state index in [1.54, 1.807) is 31.2 Å². The fourth-order valence-electron chi connectivity index (χ4n) is 3.61. The molecule has 1 aliphatic rings. The number of benzene rings is 1. The predicted octanol–water partition coefficient (Wildman–Crippen LogP) is 4.68. The Balaban J connectivity index is 1.96. The molecule has 2 heterocycles. The van der Waals surface area contributed by atoms with Gasteiger partial charge < -0.3 is 4.90 Å². The zero-order chi connectivity index (χ0) is 19.8. The maximum atomic E-state index is 13.4. The number of likely N-dealkylation sites (tertiary alicyclic amines) is 1. The Morgan fingerprint density at radius 2 is 1.96 bits per heavy atom. The van der Waals surface area contributed by atoms with Crippen LogP contribution in [0.3, 0.4) is 0 Å². The van der Waals surface area contributed by atoms with Gasteiger partial charge in [0.15, 0.2) is 5.69 Å². The average Bonchev–Trinajstić information content (AvgIpc) is 2.78. The molecule has 3 rings (SSSR count). The Bertz CT molecular complexity index is 841. The average molecular weight is 379 g/mol. The predicted molar refractivity (Wildman–Crippen MR) is 97.3 cm³/mol. The van der Waals surface area contributed by atoms with Gasteiger partial charge in [-0.05, 0) is 49.8 Å². The summed E-state index contributed by atoms with van der Waals surface area (Å²) in [5.74, 6) is 0.461. The fraction of sp³-hybridized carbons (Fsp3) is 0.500. The van der Waals surface area contributed by atoms with E-state index in [-0.39, 0.29) is 11.5 Å². The van der Waals surface area contributed by atoms with Crippen LogP contribution in [0, 0.1) is 12.8 Å². The highest BCUT2D eigenvalue weighted by atomic mass is 19.4. The highest BCUT2D eigenvalue weighted by Gasteiger charge is 2.38. The molecule has 2 aromatic rings. The molecule has 0 aliphatic carbocycles. The maximum absolute atomic E-state index is 13.4. The number of carbonyl (C=O) groups is 1. The largest absolute Gasteiger partial charge is 0.435 e. The summed E-state index contributed by atoms with van der Waals surface area (Å²) < 4.78 is 41.4. The second-order valence-corrected chi connectivity index (χ2v) is 7.34. The quantitative estimate of drug-likeness (QED) is 0.760. The lowest BCUT2D eigenvalue weighted by Gasteiger charge is -2.21. The van der Waals surface area contributed by atoms with Gasteiger partial charge in [0, 0.05) is 37.0 Å². The number of hydrogen-bond acceptors (Lipinski definition) is 2. The zero-order valence-electron chi connectivity index (χ0n) is 15.8. The van der Waals surface area contributed by atoms with Gasteiger partial charge in [0.25, 0.3) is 5.91 Å². The number of nitrogens with zero attached hydrogens (tertiary/aromatic N) is 3. The number of aromatic nitrogens is 2. The van der Waals surface area contributed by atoms with Crippen LogP contribution < -0.4 is 0 Å². The van der Waals surface area contributed by atoms with Crippen molar-refractivity contribution in [2.75, 3.05) is 13.1 Å². The zero-order valence-corrected chi connectivity index (χ0v) is 15.8. The Kier molecular flexibility index (Phi) is 5.31. The fourth-order valence-corrected chi connectivity index (χ4v) is 3.61. The van der Waals surface area contributed by atoms with Crippen molar-refractivity contribution in [1.82, 2.24) is 14.7 Å². The van der Waals surface area contributed by atoms with E-state index in [4.69, 9.17) is 0 Å². The van der Waals surface area contributed by atoms with E-state index >= 15 is 0 Å². The first-order valence-electron chi connectivity index (χ1n) is 9.19. The SMILES string of the molecule is Cc1c(-c2cccc(C(=O)N3CCCC(C)CC3)c2)c(C(F)(F)F)nn1C. The Hall–Kier alpha value is -2.31. The maximum Gasteiger partial charge on any atom is 0.435 e. The van der Waals surface area contributed by atoms with Crippen molar-refractivity contribution in [3.8, 4) is 11.1 Å². The Labute approximate surface area is 157 Å². The summed E-state index contributed by atoms with van der Waals surface area (Å²) in [4.78, 5) is 14.7. The summed E-state index contributed by atoms with van der Waals surface area (Å²) in [6.45, 7) is 5.15. The summed E-state index contributed by atoms with van der Waals surface area (Å²) in [7, 11) is 1.49. The molecule has 1 atom stereocenters. The van der Waals surface area contributed by atoms with Crippen LogP contribution in [0.5, 0.6) is 0 Å². The minimum absolute atomic E-state index is 0.0316. The molecule has 0 radical (unpaired) electrons. The highest BCUT2D eigenvalue weighted by Crippen LogP contribution is 2.38. The second kappa shape index (κ2) is 7.37. The number of halogens is 3. The van der Waals surface area contributed by atoms with Crippen LogP contribution in [0.1, 0.15) is 47.9 Å². The van der Waals surface area contributed by atoms with Crippen molar-refractivity contribution in [3.63, 3.8) is 0 Å². The van der Waals surface area contributed by atoms with Crippen molar-refractivity contribution in [2.24, 2.45) is 13.0 Å². The monoisotopic (exact) mass is 379 g/mol. The first-order valence-corrected chi connectivity index (χ1v) is 9.19. The molecule has 1 amide bonds. The van der Waals surface area contributed by atoms with Gasteiger partial charge in [-0.2, -0.15) is 18.3 Å². The lowest BCUT2D eigenvalue weighted by molar-refractivity contribution is -0.140. The standard InChI is InChI=1S/C20H24F3N3O/c1-13-6-5-10-26(11-9-13)19(27)16-8-4-7-15(12-16)17-14(2)25(3)24-18(17)20(21,22)23/h4,7-8,12-13H,5-6,9-11H2,1-3H3. The molecule has 1 aliphatic heterocycles. The topological polar surface area (TPSA) is 38.1 Å². The number of carbonyl (C=O) groups excluding carboxylic acids is 1. The third-order valence-corrected chi connectivity index (χ3v) is 5.30. The third-order valence-electron chi connectivity index (χ3n) is 5.30. The van der Waals surface area contributed by atoms with Gasteiger partial charge in [0.05, 0.1) is 0 Å². The highest BCUT2D eigenvalue weighted by molar-refractivity contribution is 5.95. The van der Waals surface area contributed by atoms with E-state index in [0.717, 1.165) is 19.3 Å². The molecule has 0 saturated carbocycles. The normalized spacial score (nSPS) is 18.4. The molecule has 0 spiro atoms. The van der Waals surface area contributed by atoms with Crippen LogP contribution in [0.25, 0.3) is 11.1 Å². The van der Waals surface area contributed by atoms with Gasteiger partial charge in [0.1, 0.15) is 0 Å². The first-order chi connectivity index (χ1) is 12.7. The van der Waals surface area contributed by atoms with Gasteiger partial charge in [-0.25, -0.2) is 0 Å². The van der Waals surface area contributed by atoms with E-state index in [9.17, 15) is 18.0 Å². The Morgan fingerprint density at radius 3 is 2.67 bits per heavy atom. The van der Waals surface area contributed by atoms with E-state index in [1.165, 1.54) is 11.7 Å². The molecule has 27 heavy (non-hydrogen) atoms. The molecule has 1 fully saturated rings. The van der Waals surface area contributed by atoms with Gasteiger partial charge >= 0.3 is 6.18 Å². The molecule has 1 aromatic carbocycles. The minimum atomic E-state index is -4.55. The van der Waals surface area contributed by atoms with Gasteiger partial charge in [-0.3, -0.25) is 9.48 Å². The minimum Gasteiger partial charge on any atom is -0.339 e. The molecule has 4 nitrogen and oxygen atoms in total. The summed E-state index contributed by atoms with van der Waals surface area (Å²) in [6.07, 6.45) is -1.56. The molecule has 146 valence electrons. The van der Waals surface area contributed by atoms with E-state index in [0.29, 0.717) is 35.8 Å². The summed E-state index contributed by atoms with van der Waals surface area (Å²) in [5, 5.41) is 3.64. The number of hydrogen-bond donors (Lipinski definition) is 0. The molecular weight excluding hydrogens is 355 g/mol. The van der Waals surface area contributed by atoms with E-state index < -0.39 is 11.9 Å². The lowest BCUT2D eigenvalue weighted by atomic mass is 10.00. The number of rotatable bonds is 2. The molecule has 1 aromatic heterocycles. The second-order valence-electron chi connectivity index (χ2n) is 7.34. The van der Waals surface area contributed by atoms with Crippen molar-refractivity contribution in [1.29, 1.82) is 0 Å². The molecule has 0 N–H and O–H groups in total. The summed E-state index contributed by atoms with van der Waals surface area (Å²) >= 11 is 0. The van der Waals surface area contributed by atoms with Gasteiger partial charge in [0.2, 0.25) is 0 Å². The number of amides is 1. The van der Waals surface area contributed by atoms with Crippen LogP contribution in [0.4, 0.5) is 13.2 Å². The first kappa shape index (κ1) is 19.5. The van der Waals surface area contributed by atoms with Crippen molar-refractivity contribution in [2.45, 2.75) is 39.3 Å². The molecule has 1 saturated heterocycles. The smallest absolute Gasteiger partial charge is 0.339 e. The van der Waals surface area contributed by atoms with Crippen molar-refractivity contribution >= 4 is 5.91 Å². The van der Waals surface area contributed by atoms with Gasteiger partial charge in [-0.1, -0.05) is 19.1 Å². The Morgan fingerprint density at radius 1 is 1.22 bits per heavy atom. The van der Waals surface area contributed by atoms with E-state index in [1.807, 2.05) is 4.90 Å². The lowest BCUT2D eigenvalue weighted by Crippen LogP contribution is -2.32. The molecule has 0 bridgehead atoms. The van der Waals surface area contributed by atoms with Crippen LogP contribution >= 0.6 is 0 Å². The van der Waals surface area contributed by atoms with Crippen molar-refractivity contribution in [3.05, 3.63) is 41.2 Å². The molecule has 7 heteroatoms.